The summed E-state index contributed by atoms with van der Waals surface area (Å²) in [5, 5.41) is 32.9. The molecule has 2 unspecified atom stereocenters. The molecule has 34 heavy (non-hydrogen) atoms. The highest BCUT2D eigenvalue weighted by molar-refractivity contribution is 6.35. The number of hydrogen-bond acceptors (Lipinski definition) is 5. The molecule has 1 amide bonds. The average molecular weight is 504 g/mol. The Balaban J connectivity index is 1.72. The number of carboxylic acids is 1. The van der Waals surface area contributed by atoms with Gasteiger partial charge in [-0.3, -0.25) is 4.79 Å². The number of carbonyl (C=O) groups excluding carboxylic acids is 1. The molecule has 0 spiro atoms. The van der Waals surface area contributed by atoms with Gasteiger partial charge in [-0.15, -0.1) is 0 Å². The van der Waals surface area contributed by atoms with Gasteiger partial charge in [-0.1, -0.05) is 65.7 Å². The van der Waals surface area contributed by atoms with Crippen LogP contribution in [0.2, 0.25) is 10.0 Å². The molecular formula is C25H23Cl2NO6. The predicted octanol–water partition coefficient (Wildman–Crippen LogP) is 3.57. The van der Waals surface area contributed by atoms with Crippen molar-refractivity contribution >= 4 is 35.1 Å². The predicted molar refractivity (Wildman–Crippen MR) is 129 cm³/mol. The number of aliphatic hydroxyl groups is 2. The third-order valence-electron chi connectivity index (χ3n) is 5.05. The third-order valence-corrected chi connectivity index (χ3v) is 5.49. The summed E-state index contributed by atoms with van der Waals surface area (Å²) in [5.41, 5.74) is 2.35. The van der Waals surface area contributed by atoms with Crippen molar-refractivity contribution in [3.63, 3.8) is 0 Å². The summed E-state index contributed by atoms with van der Waals surface area (Å²) < 4.78 is 5.40. The summed E-state index contributed by atoms with van der Waals surface area (Å²) in [6.07, 6.45) is -3.75. The monoisotopic (exact) mass is 503 g/mol. The smallest absolute Gasteiger partial charge is 0.335 e. The normalized spacial score (nSPS) is 13.5. The van der Waals surface area contributed by atoms with Crippen LogP contribution < -0.4 is 10.1 Å². The zero-order valence-corrected chi connectivity index (χ0v) is 19.4. The molecule has 0 saturated carbocycles. The first kappa shape index (κ1) is 25.5. The SMILES string of the molecule is O=C(COc1ccccc1)N[C@@H](Cc1ccc(-c2cc(Cl)cc(Cl)c2)cc1)C(O)C(O)C(=O)O. The molecule has 178 valence electrons. The molecule has 3 rings (SSSR count). The summed E-state index contributed by atoms with van der Waals surface area (Å²) in [6.45, 7) is -0.342. The molecule has 3 aromatic rings. The van der Waals surface area contributed by atoms with E-state index in [1.165, 1.54) is 0 Å². The number of aliphatic hydroxyl groups excluding tert-OH is 2. The van der Waals surface area contributed by atoms with Crippen LogP contribution in [0, 0.1) is 0 Å². The first-order valence-corrected chi connectivity index (χ1v) is 11.1. The van der Waals surface area contributed by atoms with Crippen LogP contribution in [-0.2, 0) is 16.0 Å². The molecule has 0 saturated heterocycles. The Morgan fingerprint density at radius 1 is 0.882 bits per heavy atom. The fraction of sp³-hybridized carbons (Fsp3) is 0.200. The number of benzene rings is 3. The largest absolute Gasteiger partial charge is 0.484 e. The minimum absolute atomic E-state index is 0.0686. The highest BCUT2D eigenvalue weighted by atomic mass is 35.5. The number of halogens is 2. The molecule has 0 aliphatic rings. The van der Waals surface area contributed by atoms with Crippen LogP contribution in [0.3, 0.4) is 0 Å². The van der Waals surface area contributed by atoms with Crippen molar-refractivity contribution in [1.82, 2.24) is 5.32 Å². The number of rotatable bonds is 10. The van der Waals surface area contributed by atoms with E-state index >= 15 is 0 Å². The minimum atomic E-state index is -2.08. The number of amides is 1. The van der Waals surface area contributed by atoms with Gasteiger partial charge in [0.05, 0.1) is 6.04 Å². The number of aliphatic carboxylic acids is 1. The lowest BCUT2D eigenvalue weighted by atomic mass is 9.96. The molecule has 0 fully saturated rings. The maximum Gasteiger partial charge on any atom is 0.335 e. The highest BCUT2D eigenvalue weighted by Gasteiger charge is 2.32. The van der Waals surface area contributed by atoms with E-state index in [2.05, 4.69) is 5.32 Å². The Morgan fingerprint density at radius 2 is 1.50 bits per heavy atom. The number of nitrogens with one attached hydrogen (secondary N) is 1. The Morgan fingerprint density at radius 3 is 2.09 bits per heavy atom. The van der Waals surface area contributed by atoms with Crippen LogP contribution in [0.5, 0.6) is 5.75 Å². The van der Waals surface area contributed by atoms with E-state index in [0.29, 0.717) is 21.4 Å². The van der Waals surface area contributed by atoms with Crippen molar-refractivity contribution < 1.29 is 29.6 Å². The van der Waals surface area contributed by atoms with E-state index in [9.17, 15) is 19.8 Å². The number of para-hydroxylation sites is 1. The third kappa shape index (κ3) is 7.20. The lowest BCUT2D eigenvalue weighted by Gasteiger charge is -2.26. The summed E-state index contributed by atoms with van der Waals surface area (Å²) >= 11 is 12.1. The van der Waals surface area contributed by atoms with Gasteiger partial charge >= 0.3 is 5.97 Å². The Kier molecular flexibility index (Phi) is 8.90. The molecule has 0 radical (unpaired) electrons. The first-order valence-electron chi connectivity index (χ1n) is 10.3. The Hall–Kier alpha value is -3.10. The van der Waals surface area contributed by atoms with E-state index in [1.807, 2.05) is 12.1 Å². The van der Waals surface area contributed by atoms with Gasteiger partial charge in [0.15, 0.2) is 12.7 Å². The molecule has 0 bridgehead atoms. The van der Waals surface area contributed by atoms with Crippen molar-refractivity contribution in [1.29, 1.82) is 0 Å². The lowest BCUT2D eigenvalue weighted by molar-refractivity contribution is -0.154. The molecule has 4 N–H and O–H groups in total. The molecule has 0 aliphatic heterocycles. The molecule has 3 aromatic carbocycles. The quantitative estimate of drug-likeness (QED) is 0.336. The van der Waals surface area contributed by atoms with Crippen molar-refractivity contribution in [3.8, 4) is 16.9 Å². The van der Waals surface area contributed by atoms with Crippen molar-refractivity contribution in [3.05, 3.63) is 88.4 Å². The second-order valence-corrected chi connectivity index (χ2v) is 8.48. The van der Waals surface area contributed by atoms with Crippen molar-refractivity contribution in [2.24, 2.45) is 0 Å². The van der Waals surface area contributed by atoms with Gasteiger partial charge in [-0.25, -0.2) is 4.79 Å². The maximum absolute atomic E-state index is 12.4. The fourth-order valence-electron chi connectivity index (χ4n) is 3.35. The van der Waals surface area contributed by atoms with Crippen LogP contribution in [-0.4, -0.2) is 52.1 Å². The zero-order chi connectivity index (χ0) is 24.7. The van der Waals surface area contributed by atoms with Gasteiger partial charge in [0.25, 0.3) is 5.91 Å². The number of ether oxygens (including phenoxy) is 1. The van der Waals surface area contributed by atoms with Gasteiger partial charge in [-0.2, -0.15) is 0 Å². The van der Waals surface area contributed by atoms with Crippen LogP contribution in [0.25, 0.3) is 11.1 Å². The number of hydrogen-bond donors (Lipinski definition) is 4. The average Bonchev–Trinajstić information content (AvgIpc) is 2.82. The van der Waals surface area contributed by atoms with Crippen LogP contribution in [0.15, 0.2) is 72.8 Å². The fourth-order valence-corrected chi connectivity index (χ4v) is 3.87. The van der Waals surface area contributed by atoms with Crippen LogP contribution in [0.1, 0.15) is 5.56 Å². The molecule has 0 aliphatic carbocycles. The van der Waals surface area contributed by atoms with Crippen LogP contribution in [0.4, 0.5) is 0 Å². The molecular weight excluding hydrogens is 481 g/mol. The second-order valence-electron chi connectivity index (χ2n) is 7.61. The second kappa shape index (κ2) is 11.9. The molecule has 7 nitrogen and oxygen atoms in total. The standard InChI is InChI=1S/C25H23Cl2NO6/c26-18-11-17(12-19(27)13-18)16-8-6-15(7-9-16)10-21(23(30)24(31)25(32)33)28-22(29)14-34-20-4-2-1-3-5-20/h1-9,11-13,21,23-24,30-31H,10,14H2,(H,28,29)(H,32,33)/t21-,23?,24?/m0/s1. The minimum Gasteiger partial charge on any atom is -0.484 e. The first-order chi connectivity index (χ1) is 16.2. The highest BCUT2D eigenvalue weighted by Crippen LogP contribution is 2.27. The topological polar surface area (TPSA) is 116 Å². The Labute approximate surface area is 206 Å². The van der Waals surface area contributed by atoms with Gasteiger partial charge in [0.2, 0.25) is 0 Å². The van der Waals surface area contributed by atoms with E-state index < -0.39 is 30.1 Å². The van der Waals surface area contributed by atoms with Gasteiger partial charge < -0.3 is 25.4 Å². The molecule has 9 heteroatoms. The van der Waals surface area contributed by atoms with Crippen molar-refractivity contribution in [2.75, 3.05) is 6.61 Å². The summed E-state index contributed by atoms with van der Waals surface area (Å²) in [4.78, 5) is 23.6. The molecule has 0 aromatic heterocycles. The molecule has 3 atom stereocenters. The maximum atomic E-state index is 12.4. The Bertz CT molecular complexity index is 1100. The summed E-state index contributed by atoms with van der Waals surface area (Å²) in [5.74, 6) is -1.69. The van der Waals surface area contributed by atoms with E-state index in [1.54, 1.807) is 60.7 Å². The number of carboxylic acid groups (broad SMARTS) is 1. The van der Waals surface area contributed by atoms with Crippen LogP contribution >= 0.6 is 23.2 Å². The van der Waals surface area contributed by atoms with E-state index in [0.717, 1.165) is 11.1 Å². The van der Waals surface area contributed by atoms with Crippen molar-refractivity contribution in [2.45, 2.75) is 24.7 Å². The lowest BCUT2D eigenvalue weighted by Crippen LogP contribution is -2.52. The van der Waals surface area contributed by atoms with Gasteiger partial charge in [-0.05, 0) is 53.4 Å². The van der Waals surface area contributed by atoms with Gasteiger partial charge in [0.1, 0.15) is 11.9 Å². The van der Waals surface area contributed by atoms with Gasteiger partial charge in [0, 0.05) is 10.0 Å². The van der Waals surface area contributed by atoms with E-state index in [-0.39, 0.29) is 13.0 Å². The summed E-state index contributed by atoms with van der Waals surface area (Å²) in [6, 6.07) is 19.9. The molecule has 0 heterocycles. The number of carbonyl (C=O) groups is 2. The summed E-state index contributed by atoms with van der Waals surface area (Å²) in [7, 11) is 0. The zero-order valence-electron chi connectivity index (χ0n) is 17.9. The van der Waals surface area contributed by atoms with E-state index in [4.69, 9.17) is 33.0 Å².